The third-order valence-electron chi connectivity index (χ3n) is 6.62. The zero-order valence-corrected chi connectivity index (χ0v) is 19.9. The van der Waals surface area contributed by atoms with Crippen molar-refractivity contribution in [2.45, 2.75) is 32.9 Å². The molecule has 2 aromatic carbocycles. The first kappa shape index (κ1) is 22.9. The first-order chi connectivity index (χ1) is 17.0. The lowest BCUT2D eigenvalue weighted by atomic mass is 10.1. The van der Waals surface area contributed by atoms with Crippen molar-refractivity contribution in [1.82, 2.24) is 29.7 Å². The first-order valence-electron chi connectivity index (χ1n) is 11.9. The Morgan fingerprint density at radius 3 is 2.57 bits per heavy atom. The van der Waals surface area contributed by atoms with Gasteiger partial charge >= 0.3 is 0 Å². The summed E-state index contributed by atoms with van der Waals surface area (Å²) in [6, 6.07) is 15.3. The molecule has 3 heterocycles. The molecule has 9 nitrogen and oxygen atoms in total. The lowest BCUT2D eigenvalue weighted by Gasteiger charge is -2.36. The summed E-state index contributed by atoms with van der Waals surface area (Å²) in [5, 5.41) is 8.99. The number of hydrogen-bond acceptors (Lipinski definition) is 7. The number of carbonyl (C=O) groups is 1. The second kappa shape index (κ2) is 9.79. The monoisotopic (exact) mass is 472 g/mol. The fraction of sp³-hybridized carbons (Fsp3) is 0.346. The minimum Gasteiger partial charge on any atom is -0.340 e. The smallest absolute Gasteiger partial charge is 0.244 e. The fourth-order valence-electron chi connectivity index (χ4n) is 4.44. The Hall–Kier alpha value is -3.85. The lowest BCUT2D eigenvalue weighted by Crippen LogP contribution is -2.49. The van der Waals surface area contributed by atoms with Gasteiger partial charge in [-0.15, -0.1) is 0 Å². The molecule has 0 spiro atoms. The number of hydrogen-bond donors (Lipinski definition) is 0. The lowest BCUT2D eigenvalue weighted by molar-refractivity contribution is -0.133. The zero-order valence-electron chi connectivity index (χ0n) is 19.9. The van der Waals surface area contributed by atoms with Crippen molar-refractivity contribution in [2.24, 2.45) is 0 Å². The van der Waals surface area contributed by atoms with Crippen LogP contribution in [0.5, 0.6) is 0 Å². The molecule has 1 fully saturated rings. The Kier molecular flexibility index (Phi) is 6.41. The highest BCUT2D eigenvalue weighted by molar-refractivity contribution is 5.79. The van der Waals surface area contributed by atoms with Gasteiger partial charge in [-0.25, -0.2) is 0 Å². The Morgan fingerprint density at radius 2 is 1.80 bits per heavy atom. The maximum absolute atomic E-state index is 12.9. The zero-order chi connectivity index (χ0) is 24.4. The summed E-state index contributed by atoms with van der Waals surface area (Å²) in [6.07, 6.45) is 1.65. The van der Waals surface area contributed by atoms with E-state index in [1.54, 1.807) is 10.7 Å². The maximum Gasteiger partial charge on any atom is 0.244 e. The van der Waals surface area contributed by atoms with E-state index < -0.39 is 0 Å². The summed E-state index contributed by atoms with van der Waals surface area (Å²) in [4.78, 5) is 33.6. The van der Waals surface area contributed by atoms with Crippen LogP contribution >= 0.6 is 0 Å². The molecule has 35 heavy (non-hydrogen) atoms. The van der Waals surface area contributed by atoms with Gasteiger partial charge in [0.05, 0.1) is 24.3 Å². The summed E-state index contributed by atoms with van der Waals surface area (Å²) >= 11 is 0. The van der Waals surface area contributed by atoms with Gasteiger partial charge in [-0.05, 0) is 26.0 Å². The van der Waals surface area contributed by atoms with Gasteiger partial charge in [0.2, 0.25) is 23.1 Å². The summed E-state index contributed by atoms with van der Waals surface area (Å²) in [7, 11) is 0. The molecule has 0 N–H and O–H groups in total. The molecule has 2 aromatic heterocycles. The number of rotatable bonds is 6. The molecule has 180 valence electrons. The van der Waals surface area contributed by atoms with Crippen LogP contribution in [0.2, 0.25) is 0 Å². The normalized spacial score (nSPS) is 15.4. The number of piperazine rings is 1. The van der Waals surface area contributed by atoms with Gasteiger partial charge in [-0.2, -0.15) is 10.1 Å². The number of carbonyl (C=O) groups excluding carboxylic acids is 1. The van der Waals surface area contributed by atoms with Crippen LogP contribution in [0, 0.1) is 6.92 Å². The third kappa shape index (κ3) is 4.85. The van der Waals surface area contributed by atoms with E-state index >= 15 is 0 Å². The molecular weight excluding hydrogens is 444 g/mol. The Morgan fingerprint density at radius 1 is 1.06 bits per heavy atom. The molecule has 1 unspecified atom stereocenters. The summed E-state index contributed by atoms with van der Waals surface area (Å²) < 4.78 is 7.28. The molecule has 1 aliphatic heterocycles. The van der Waals surface area contributed by atoms with E-state index in [1.807, 2.05) is 54.3 Å². The van der Waals surface area contributed by atoms with Crippen molar-refractivity contribution >= 4 is 16.8 Å². The average molecular weight is 473 g/mol. The van der Waals surface area contributed by atoms with Crippen LogP contribution in [0.3, 0.4) is 0 Å². The van der Waals surface area contributed by atoms with Crippen molar-refractivity contribution in [3.8, 4) is 11.4 Å². The average Bonchev–Trinajstić information content (AvgIpc) is 3.39. The molecule has 9 heteroatoms. The first-order valence-corrected chi connectivity index (χ1v) is 11.9. The van der Waals surface area contributed by atoms with Crippen LogP contribution in [-0.4, -0.2) is 61.8 Å². The number of para-hydroxylation sites is 1. The summed E-state index contributed by atoms with van der Waals surface area (Å²) in [6.45, 7) is 7.27. The maximum atomic E-state index is 12.9. The van der Waals surface area contributed by atoms with E-state index in [4.69, 9.17) is 4.52 Å². The molecule has 1 amide bonds. The molecule has 0 aliphatic carbocycles. The minimum absolute atomic E-state index is 0.0318. The van der Waals surface area contributed by atoms with E-state index in [1.165, 1.54) is 11.8 Å². The van der Waals surface area contributed by atoms with Crippen LogP contribution in [0.1, 0.15) is 30.8 Å². The molecular formula is C26H28N6O3. The number of aromatic nitrogens is 4. The van der Waals surface area contributed by atoms with E-state index in [2.05, 4.69) is 27.1 Å². The number of amides is 1. The largest absolute Gasteiger partial charge is 0.340 e. The van der Waals surface area contributed by atoms with E-state index in [0.717, 1.165) is 24.2 Å². The van der Waals surface area contributed by atoms with Gasteiger partial charge in [-0.1, -0.05) is 47.1 Å². The second-order valence-electron chi connectivity index (χ2n) is 8.91. The van der Waals surface area contributed by atoms with Crippen LogP contribution < -0.4 is 5.43 Å². The highest BCUT2D eigenvalue weighted by Gasteiger charge is 2.27. The number of nitrogens with zero attached hydrogens (tertiary/aromatic N) is 6. The van der Waals surface area contributed by atoms with Crippen molar-refractivity contribution < 1.29 is 9.32 Å². The number of benzene rings is 2. The quantitative estimate of drug-likeness (QED) is 0.425. The van der Waals surface area contributed by atoms with Crippen LogP contribution in [-0.2, 0) is 11.3 Å². The fourth-order valence-corrected chi connectivity index (χ4v) is 4.44. The van der Waals surface area contributed by atoms with E-state index in [-0.39, 0.29) is 17.4 Å². The highest BCUT2D eigenvalue weighted by atomic mass is 16.5. The second-order valence-corrected chi connectivity index (χ2v) is 8.91. The minimum atomic E-state index is -0.111. The van der Waals surface area contributed by atoms with Crippen molar-refractivity contribution in [2.75, 3.05) is 26.2 Å². The highest BCUT2D eigenvalue weighted by Crippen LogP contribution is 2.24. The molecule has 5 rings (SSSR count). The molecule has 0 saturated carbocycles. The predicted octanol–water partition coefficient (Wildman–Crippen LogP) is 3.05. The molecule has 1 saturated heterocycles. The van der Waals surface area contributed by atoms with Crippen LogP contribution in [0.25, 0.3) is 22.3 Å². The van der Waals surface area contributed by atoms with E-state index in [0.29, 0.717) is 43.2 Å². The SMILES string of the molecule is Cc1ccc(-c2noc(C(C)N3CCN(C(=O)CCn4ncc(=O)c5ccccc54)CC3)n2)cc1. The Labute approximate surface area is 203 Å². The van der Waals surface area contributed by atoms with Crippen LogP contribution in [0.15, 0.2) is 64.0 Å². The molecule has 4 aromatic rings. The van der Waals surface area contributed by atoms with Gasteiger partial charge in [0.25, 0.3) is 0 Å². The number of aryl methyl sites for hydroxylation is 2. The van der Waals surface area contributed by atoms with Gasteiger partial charge < -0.3 is 9.42 Å². The molecule has 1 atom stereocenters. The standard InChI is InChI=1S/C26H28N6O3/c1-18-7-9-20(10-8-18)25-28-26(35-29-25)19(2)30-13-15-31(16-14-30)24(34)11-12-32-22-6-4-3-5-21(22)23(33)17-27-32/h3-10,17,19H,11-16H2,1-2H3. The van der Waals surface area contributed by atoms with Gasteiger partial charge in [0.1, 0.15) is 0 Å². The number of fused-ring (bicyclic) bond motifs is 1. The topological polar surface area (TPSA) is 97.4 Å². The van der Waals surface area contributed by atoms with Crippen LogP contribution in [0.4, 0.5) is 0 Å². The Bertz CT molecular complexity index is 1390. The molecule has 0 bridgehead atoms. The van der Waals surface area contributed by atoms with Crippen molar-refractivity contribution in [1.29, 1.82) is 0 Å². The van der Waals surface area contributed by atoms with Gasteiger partial charge in [0.15, 0.2) is 0 Å². The molecule has 1 aliphatic rings. The third-order valence-corrected chi connectivity index (χ3v) is 6.62. The van der Waals surface area contributed by atoms with E-state index in [9.17, 15) is 9.59 Å². The molecule has 0 radical (unpaired) electrons. The van der Waals surface area contributed by atoms with Gasteiger partial charge in [0, 0.05) is 43.5 Å². The van der Waals surface area contributed by atoms with Crippen molar-refractivity contribution in [3.05, 3.63) is 76.4 Å². The predicted molar refractivity (Wildman–Crippen MR) is 132 cm³/mol. The van der Waals surface area contributed by atoms with Crippen molar-refractivity contribution in [3.63, 3.8) is 0 Å². The summed E-state index contributed by atoms with van der Waals surface area (Å²) in [5.74, 6) is 1.25. The summed E-state index contributed by atoms with van der Waals surface area (Å²) in [5.41, 5.74) is 2.75. The Balaban J connectivity index is 1.16. The van der Waals surface area contributed by atoms with Gasteiger partial charge in [-0.3, -0.25) is 19.2 Å².